The molecule has 27 heavy (non-hydrogen) atoms. The molecular weight excluding hydrogens is 390 g/mol. The number of hydrogen-bond donors (Lipinski definition) is 2. The molecule has 0 aliphatic heterocycles. The van der Waals surface area contributed by atoms with E-state index in [1.165, 1.54) is 12.1 Å². The minimum Gasteiger partial charge on any atom is -0.481 e. The Balaban J connectivity index is 1.75. The highest BCUT2D eigenvalue weighted by atomic mass is 32.2. The van der Waals surface area contributed by atoms with E-state index in [0.717, 1.165) is 17.3 Å². The van der Waals surface area contributed by atoms with Gasteiger partial charge in [0.1, 0.15) is 5.75 Å². The lowest BCUT2D eigenvalue weighted by Gasteiger charge is -2.07. The van der Waals surface area contributed by atoms with Crippen molar-refractivity contribution in [3.8, 4) is 11.5 Å². The van der Waals surface area contributed by atoms with Gasteiger partial charge in [-0.3, -0.25) is 4.79 Å². The molecule has 3 aromatic rings. The summed E-state index contributed by atoms with van der Waals surface area (Å²) in [7, 11) is -3.73. The number of thioether (sulfide) groups is 1. The summed E-state index contributed by atoms with van der Waals surface area (Å²) in [6.07, 6.45) is 0. The Bertz CT molecular complexity index is 1040. The van der Waals surface area contributed by atoms with Gasteiger partial charge in [-0.25, -0.2) is 13.1 Å². The molecule has 3 rings (SSSR count). The van der Waals surface area contributed by atoms with Gasteiger partial charge in [-0.2, -0.15) is 0 Å². The number of carboxylic acid groups (broad SMARTS) is 1. The summed E-state index contributed by atoms with van der Waals surface area (Å²) < 4.78 is 33.0. The molecule has 140 valence electrons. The second-order valence-electron chi connectivity index (χ2n) is 5.39. The minimum atomic E-state index is -3.73. The van der Waals surface area contributed by atoms with Gasteiger partial charge < -0.3 is 9.52 Å². The number of benzene rings is 2. The third kappa shape index (κ3) is 5.16. The fourth-order valence-electron chi connectivity index (χ4n) is 2.16. The van der Waals surface area contributed by atoms with Crippen molar-refractivity contribution in [1.29, 1.82) is 0 Å². The van der Waals surface area contributed by atoms with Crippen molar-refractivity contribution in [3.63, 3.8) is 0 Å². The van der Waals surface area contributed by atoms with Crippen LogP contribution in [0.25, 0.3) is 11.5 Å². The summed E-state index contributed by atoms with van der Waals surface area (Å²) in [6, 6.07) is 15.3. The second-order valence-corrected chi connectivity index (χ2v) is 8.09. The largest absolute Gasteiger partial charge is 0.481 e. The van der Waals surface area contributed by atoms with E-state index < -0.39 is 16.0 Å². The fourth-order valence-corrected chi connectivity index (χ4v) is 3.71. The van der Waals surface area contributed by atoms with Crippen LogP contribution in [0.2, 0.25) is 0 Å². The quantitative estimate of drug-likeness (QED) is 0.548. The number of sulfonamides is 1. The zero-order chi connectivity index (χ0) is 19.3. The summed E-state index contributed by atoms with van der Waals surface area (Å²) in [6.45, 7) is 0.171. The molecule has 0 spiro atoms. The van der Waals surface area contributed by atoms with E-state index in [1.807, 2.05) is 30.3 Å². The fraction of sp³-hybridized carbons (Fsp3) is 0.118. The van der Waals surface area contributed by atoms with Crippen LogP contribution in [-0.4, -0.2) is 35.4 Å². The van der Waals surface area contributed by atoms with Gasteiger partial charge in [0.25, 0.3) is 5.22 Å². The standard InChI is InChI=1S/C17H15N3O5S2/c21-15(22)11-26-17-20-19-16(25-17)13-7-4-8-14(9-13)27(23,24)18-10-12-5-2-1-3-6-12/h1-9,18H,10-11H2,(H,21,22). The SMILES string of the molecule is O=C(O)CSc1nnc(-c2cccc(S(=O)(=O)NCc3ccccc3)c2)o1. The first-order chi connectivity index (χ1) is 12.9. The van der Waals surface area contributed by atoms with Gasteiger partial charge in [-0.15, -0.1) is 10.2 Å². The Kier molecular flexibility index (Phi) is 5.89. The number of rotatable bonds is 8. The molecule has 0 aliphatic rings. The lowest BCUT2D eigenvalue weighted by atomic mass is 10.2. The van der Waals surface area contributed by atoms with E-state index >= 15 is 0 Å². The van der Waals surface area contributed by atoms with Gasteiger partial charge in [-0.05, 0) is 23.8 Å². The van der Waals surface area contributed by atoms with E-state index in [1.54, 1.807) is 12.1 Å². The third-order valence-electron chi connectivity index (χ3n) is 3.43. The predicted molar refractivity (Wildman–Crippen MR) is 98.6 cm³/mol. The first-order valence-electron chi connectivity index (χ1n) is 7.76. The first kappa shape index (κ1) is 19.1. The molecule has 0 saturated heterocycles. The van der Waals surface area contributed by atoms with Crippen LogP contribution in [0.3, 0.4) is 0 Å². The van der Waals surface area contributed by atoms with Crippen LogP contribution in [0.5, 0.6) is 0 Å². The zero-order valence-corrected chi connectivity index (χ0v) is 15.5. The maximum Gasteiger partial charge on any atom is 0.314 e. The Morgan fingerprint density at radius 3 is 2.63 bits per heavy atom. The average Bonchev–Trinajstić information content (AvgIpc) is 3.15. The highest BCUT2D eigenvalue weighted by Gasteiger charge is 2.17. The van der Waals surface area contributed by atoms with Crippen molar-refractivity contribution < 1.29 is 22.7 Å². The molecule has 0 bridgehead atoms. The molecule has 8 nitrogen and oxygen atoms in total. The molecule has 1 heterocycles. The summed E-state index contributed by atoms with van der Waals surface area (Å²) >= 11 is 0.889. The Hall–Kier alpha value is -2.69. The van der Waals surface area contributed by atoms with E-state index in [2.05, 4.69) is 14.9 Å². The lowest BCUT2D eigenvalue weighted by molar-refractivity contribution is -0.133. The molecular formula is C17H15N3O5S2. The van der Waals surface area contributed by atoms with Crippen molar-refractivity contribution in [2.75, 3.05) is 5.75 Å². The van der Waals surface area contributed by atoms with Crippen LogP contribution in [0.15, 0.2) is 69.1 Å². The highest BCUT2D eigenvalue weighted by Crippen LogP contribution is 2.25. The van der Waals surface area contributed by atoms with Gasteiger partial charge >= 0.3 is 5.97 Å². The van der Waals surface area contributed by atoms with Gasteiger partial charge in [0, 0.05) is 12.1 Å². The molecule has 0 unspecified atom stereocenters. The maximum absolute atomic E-state index is 12.5. The Morgan fingerprint density at radius 2 is 1.89 bits per heavy atom. The number of aliphatic carboxylic acids is 1. The summed E-state index contributed by atoms with van der Waals surface area (Å²) in [5.41, 5.74) is 1.27. The van der Waals surface area contributed by atoms with Crippen molar-refractivity contribution in [2.45, 2.75) is 16.7 Å². The predicted octanol–water partition coefficient (Wildman–Crippen LogP) is 2.39. The van der Waals surface area contributed by atoms with E-state index in [4.69, 9.17) is 9.52 Å². The van der Waals surface area contributed by atoms with Crippen LogP contribution >= 0.6 is 11.8 Å². The third-order valence-corrected chi connectivity index (χ3v) is 5.63. The topological polar surface area (TPSA) is 122 Å². The first-order valence-corrected chi connectivity index (χ1v) is 10.2. The van der Waals surface area contributed by atoms with Crippen molar-refractivity contribution in [3.05, 3.63) is 60.2 Å². The van der Waals surface area contributed by atoms with Crippen molar-refractivity contribution >= 4 is 27.8 Å². The normalized spacial score (nSPS) is 11.4. The Labute approximate surface area is 159 Å². The molecule has 2 N–H and O–H groups in total. The van der Waals surface area contributed by atoms with Gasteiger partial charge in [0.05, 0.1) is 4.90 Å². The monoisotopic (exact) mass is 405 g/mol. The molecule has 2 aromatic carbocycles. The molecule has 0 fully saturated rings. The van der Waals surface area contributed by atoms with E-state index in [9.17, 15) is 13.2 Å². The summed E-state index contributed by atoms with van der Waals surface area (Å²) in [5, 5.41) is 16.4. The van der Waals surface area contributed by atoms with Gasteiger partial charge in [0.15, 0.2) is 0 Å². The maximum atomic E-state index is 12.5. The molecule has 10 heteroatoms. The number of carboxylic acids is 1. The number of nitrogens with one attached hydrogen (secondary N) is 1. The summed E-state index contributed by atoms with van der Waals surface area (Å²) in [5.74, 6) is -1.10. The lowest BCUT2D eigenvalue weighted by Crippen LogP contribution is -2.23. The second kappa shape index (κ2) is 8.33. The molecule has 1 aromatic heterocycles. The van der Waals surface area contributed by atoms with E-state index in [0.29, 0.717) is 5.56 Å². The molecule has 0 amide bonds. The molecule has 0 saturated carbocycles. The van der Waals surface area contributed by atoms with Crippen LogP contribution in [-0.2, 0) is 21.4 Å². The minimum absolute atomic E-state index is 0.0638. The Morgan fingerprint density at radius 1 is 1.11 bits per heavy atom. The van der Waals surface area contributed by atoms with Crippen LogP contribution in [0.4, 0.5) is 0 Å². The number of aromatic nitrogens is 2. The molecule has 0 radical (unpaired) electrons. The van der Waals surface area contributed by atoms with Crippen LogP contribution in [0, 0.1) is 0 Å². The van der Waals surface area contributed by atoms with Crippen LogP contribution in [0.1, 0.15) is 5.56 Å². The van der Waals surface area contributed by atoms with Crippen molar-refractivity contribution in [1.82, 2.24) is 14.9 Å². The smallest absolute Gasteiger partial charge is 0.314 e. The van der Waals surface area contributed by atoms with Crippen molar-refractivity contribution in [2.24, 2.45) is 0 Å². The molecule has 0 atom stereocenters. The van der Waals surface area contributed by atoms with Crippen LogP contribution < -0.4 is 4.72 Å². The number of carbonyl (C=O) groups is 1. The van der Waals surface area contributed by atoms with Gasteiger partial charge in [-0.1, -0.05) is 48.2 Å². The molecule has 0 aliphatic carbocycles. The highest BCUT2D eigenvalue weighted by molar-refractivity contribution is 7.99. The average molecular weight is 405 g/mol. The zero-order valence-electron chi connectivity index (χ0n) is 13.9. The van der Waals surface area contributed by atoms with Gasteiger partial charge in [0.2, 0.25) is 15.9 Å². The number of nitrogens with zero attached hydrogens (tertiary/aromatic N) is 2. The van der Waals surface area contributed by atoms with E-state index in [-0.39, 0.29) is 28.3 Å². The number of hydrogen-bond acceptors (Lipinski definition) is 7. The summed E-state index contributed by atoms with van der Waals surface area (Å²) in [4.78, 5) is 10.6.